The van der Waals surface area contributed by atoms with Gasteiger partial charge in [-0.15, -0.1) is 0 Å². The first-order valence-corrected chi connectivity index (χ1v) is 7.62. The van der Waals surface area contributed by atoms with Crippen LogP contribution in [0.25, 0.3) is 16.9 Å². The molecule has 3 aromatic rings. The summed E-state index contributed by atoms with van der Waals surface area (Å²) < 4.78 is 12.9. The molecular weight excluding hydrogens is 292 g/mol. The second-order valence-electron chi connectivity index (χ2n) is 4.96. The monoisotopic (exact) mass is 312 g/mol. The maximum atomic E-state index is 5.75. The molecule has 0 bridgehead atoms. The Bertz CT molecular complexity index is 785. The van der Waals surface area contributed by atoms with Crippen molar-refractivity contribution >= 4 is 11.5 Å². The zero-order valence-electron chi connectivity index (χ0n) is 13.3. The summed E-state index contributed by atoms with van der Waals surface area (Å²) in [6, 6.07) is 7.92. The van der Waals surface area contributed by atoms with Crippen molar-refractivity contribution in [2.45, 2.75) is 6.92 Å². The lowest BCUT2D eigenvalue weighted by Gasteiger charge is -2.11. The summed E-state index contributed by atoms with van der Waals surface area (Å²) >= 11 is 0. The van der Waals surface area contributed by atoms with Crippen LogP contribution in [0.2, 0.25) is 0 Å². The van der Waals surface area contributed by atoms with E-state index in [1.54, 1.807) is 19.5 Å². The number of para-hydroxylation sites is 1. The van der Waals surface area contributed by atoms with Gasteiger partial charge in [-0.05, 0) is 19.1 Å². The Morgan fingerprint density at radius 1 is 1.26 bits per heavy atom. The fraction of sp³-hybridized carbons (Fsp3) is 0.294. The minimum absolute atomic E-state index is 0.610. The van der Waals surface area contributed by atoms with Crippen LogP contribution in [-0.4, -0.2) is 41.2 Å². The minimum Gasteiger partial charge on any atom is -0.493 e. The molecule has 1 N–H and O–H groups in total. The van der Waals surface area contributed by atoms with Gasteiger partial charge < -0.3 is 14.8 Å². The van der Waals surface area contributed by atoms with Crippen LogP contribution in [0.15, 0.2) is 42.9 Å². The van der Waals surface area contributed by atoms with Crippen LogP contribution in [0.1, 0.15) is 6.92 Å². The molecule has 0 fully saturated rings. The molecule has 2 heterocycles. The number of hydrogen-bond donors (Lipinski definition) is 1. The molecule has 0 saturated carbocycles. The largest absolute Gasteiger partial charge is 0.493 e. The van der Waals surface area contributed by atoms with Crippen LogP contribution in [0.3, 0.4) is 0 Å². The fourth-order valence-corrected chi connectivity index (χ4v) is 2.48. The van der Waals surface area contributed by atoms with Gasteiger partial charge in [-0.3, -0.25) is 9.38 Å². The average Bonchev–Trinajstić information content (AvgIpc) is 2.95. The van der Waals surface area contributed by atoms with Crippen molar-refractivity contribution in [1.82, 2.24) is 14.4 Å². The molecule has 0 amide bonds. The highest BCUT2D eigenvalue weighted by Gasteiger charge is 2.17. The van der Waals surface area contributed by atoms with E-state index >= 15 is 0 Å². The molecular formula is C17H20N4O2. The van der Waals surface area contributed by atoms with Gasteiger partial charge >= 0.3 is 0 Å². The summed E-state index contributed by atoms with van der Waals surface area (Å²) in [7, 11) is 1.69. The average molecular weight is 312 g/mol. The highest BCUT2D eigenvalue weighted by molar-refractivity contribution is 5.80. The first-order valence-electron chi connectivity index (χ1n) is 7.62. The molecule has 6 nitrogen and oxygen atoms in total. The smallest absolute Gasteiger partial charge is 0.157 e. The van der Waals surface area contributed by atoms with Crippen LogP contribution in [0, 0.1) is 0 Å². The summed E-state index contributed by atoms with van der Waals surface area (Å²) in [5, 5.41) is 3.40. The number of hydrogen-bond acceptors (Lipinski definition) is 5. The van der Waals surface area contributed by atoms with Crippen molar-refractivity contribution < 1.29 is 9.47 Å². The molecule has 0 aliphatic heterocycles. The van der Waals surface area contributed by atoms with Crippen molar-refractivity contribution in [3.63, 3.8) is 0 Å². The number of imidazole rings is 1. The van der Waals surface area contributed by atoms with Gasteiger partial charge in [0.25, 0.3) is 0 Å². The molecule has 0 radical (unpaired) electrons. The molecule has 0 spiro atoms. The normalized spacial score (nSPS) is 10.9. The van der Waals surface area contributed by atoms with Gasteiger partial charge in [0.15, 0.2) is 5.65 Å². The number of aromatic nitrogens is 3. The van der Waals surface area contributed by atoms with Gasteiger partial charge in [0.05, 0.1) is 19.4 Å². The minimum atomic E-state index is 0.610. The second-order valence-corrected chi connectivity index (χ2v) is 4.96. The summed E-state index contributed by atoms with van der Waals surface area (Å²) in [5.41, 5.74) is 2.59. The van der Waals surface area contributed by atoms with Gasteiger partial charge in [-0.25, -0.2) is 4.98 Å². The van der Waals surface area contributed by atoms with E-state index in [2.05, 4.69) is 10.3 Å². The molecule has 120 valence electrons. The summed E-state index contributed by atoms with van der Waals surface area (Å²) in [5.74, 6) is 1.73. The number of methoxy groups -OCH3 is 1. The van der Waals surface area contributed by atoms with Gasteiger partial charge in [0.2, 0.25) is 0 Å². The Kier molecular flexibility index (Phi) is 4.73. The zero-order valence-corrected chi connectivity index (χ0v) is 13.3. The van der Waals surface area contributed by atoms with E-state index in [0.29, 0.717) is 19.8 Å². The van der Waals surface area contributed by atoms with E-state index in [4.69, 9.17) is 14.5 Å². The summed E-state index contributed by atoms with van der Waals surface area (Å²) in [4.78, 5) is 8.87. The van der Waals surface area contributed by atoms with Gasteiger partial charge in [-0.2, -0.15) is 0 Å². The maximum Gasteiger partial charge on any atom is 0.157 e. The predicted octanol–water partition coefficient (Wildman–Crippen LogP) is 2.85. The lowest BCUT2D eigenvalue weighted by Crippen LogP contribution is -2.10. The first kappa shape index (κ1) is 15.3. The standard InChI is InChI=1S/C17H20N4O2/c1-3-23-14-7-5-4-6-13(14)16-17(19-9-11-22-2)21-10-8-18-12-15(21)20-16/h4-8,10,12,19H,3,9,11H2,1-2H3. The van der Waals surface area contributed by atoms with Crippen LogP contribution in [0.5, 0.6) is 5.75 Å². The first-order chi connectivity index (χ1) is 11.3. The number of nitrogens with zero attached hydrogens (tertiary/aromatic N) is 3. The topological polar surface area (TPSA) is 60.7 Å². The lowest BCUT2D eigenvalue weighted by atomic mass is 10.1. The third-order valence-corrected chi connectivity index (χ3v) is 3.47. The quantitative estimate of drug-likeness (QED) is 0.680. The molecule has 0 aliphatic carbocycles. The Morgan fingerprint density at radius 2 is 2.13 bits per heavy atom. The number of anilines is 1. The van der Waals surface area contributed by atoms with Crippen LogP contribution >= 0.6 is 0 Å². The molecule has 0 saturated heterocycles. The molecule has 0 atom stereocenters. The SMILES string of the molecule is CCOc1ccccc1-c1nc2cnccn2c1NCCOC. The van der Waals surface area contributed by atoms with Gasteiger partial charge in [-0.1, -0.05) is 12.1 Å². The third-order valence-electron chi connectivity index (χ3n) is 3.47. The molecule has 23 heavy (non-hydrogen) atoms. The van der Waals surface area contributed by atoms with Crippen LogP contribution in [0.4, 0.5) is 5.82 Å². The highest BCUT2D eigenvalue weighted by atomic mass is 16.5. The van der Waals surface area contributed by atoms with E-state index in [9.17, 15) is 0 Å². The van der Waals surface area contributed by atoms with Crippen LogP contribution in [-0.2, 0) is 4.74 Å². The van der Waals surface area contributed by atoms with Gasteiger partial charge in [0.1, 0.15) is 17.3 Å². The second kappa shape index (κ2) is 7.11. The van der Waals surface area contributed by atoms with Crippen molar-refractivity contribution in [3.8, 4) is 17.0 Å². The molecule has 6 heteroatoms. The predicted molar refractivity (Wildman–Crippen MR) is 90.0 cm³/mol. The summed E-state index contributed by atoms with van der Waals surface area (Å²) in [6.45, 7) is 3.89. The van der Waals surface area contributed by atoms with E-state index in [1.165, 1.54) is 0 Å². The lowest BCUT2D eigenvalue weighted by molar-refractivity contribution is 0.210. The Hall–Kier alpha value is -2.60. The number of nitrogens with one attached hydrogen (secondary N) is 1. The number of rotatable bonds is 7. The van der Waals surface area contributed by atoms with Crippen molar-refractivity contribution in [2.75, 3.05) is 32.2 Å². The Labute approximate surface area is 135 Å². The van der Waals surface area contributed by atoms with Crippen molar-refractivity contribution in [3.05, 3.63) is 42.9 Å². The zero-order chi connectivity index (χ0) is 16.1. The molecule has 2 aromatic heterocycles. The maximum absolute atomic E-state index is 5.75. The summed E-state index contributed by atoms with van der Waals surface area (Å²) in [6.07, 6.45) is 5.38. The molecule has 1 aromatic carbocycles. The van der Waals surface area contributed by atoms with E-state index in [1.807, 2.05) is 41.8 Å². The van der Waals surface area contributed by atoms with E-state index < -0.39 is 0 Å². The van der Waals surface area contributed by atoms with Crippen molar-refractivity contribution in [1.29, 1.82) is 0 Å². The molecule has 0 aliphatic rings. The molecule has 3 rings (SSSR count). The highest BCUT2D eigenvalue weighted by Crippen LogP contribution is 2.34. The van der Waals surface area contributed by atoms with Crippen molar-refractivity contribution in [2.24, 2.45) is 0 Å². The van der Waals surface area contributed by atoms with E-state index in [0.717, 1.165) is 28.5 Å². The molecule has 0 unspecified atom stereocenters. The number of benzene rings is 1. The number of ether oxygens (including phenoxy) is 2. The third kappa shape index (κ3) is 3.12. The fourth-order valence-electron chi connectivity index (χ4n) is 2.48. The van der Waals surface area contributed by atoms with E-state index in [-0.39, 0.29) is 0 Å². The Morgan fingerprint density at radius 3 is 2.96 bits per heavy atom. The van der Waals surface area contributed by atoms with Crippen LogP contribution < -0.4 is 10.1 Å². The Balaban J connectivity index is 2.11. The van der Waals surface area contributed by atoms with Gasteiger partial charge in [0, 0.05) is 31.6 Å². The number of fused-ring (bicyclic) bond motifs is 1.